The van der Waals surface area contributed by atoms with E-state index in [1.165, 1.54) is 5.56 Å². The van der Waals surface area contributed by atoms with Gasteiger partial charge in [-0.3, -0.25) is 4.99 Å². The van der Waals surface area contributed by atoms with E-state index in [4.69, 9.17) is 4.74 Å². The topological polar surface area (TPSA) is 45.6 Å². The monoisotopic (exact) mass is 389 g/mol. The normalized spacial score (nSPS) is 14.1. The molecular weight excluding hydrogens is 365 g/mol. The van der Waals surface area contributed by atoms with Gasteiger partial charge in [-0.05, 0) is 24.0 Å². The number of hydrogen-bond donors (Lipinski definition) is 2. The van der Waals surface area contributed by atoms with Crippen LogP contribution in [0.5, 0.6) is 5.75 Å². The number of guanidine groups is 1. The first-order valence-electron chi connectivity index (χ1n) is 7.01. The smallest absolute Gasteiger partial charge is 0.191 e. The maximum atomic E-state index is 5.84. The molecule has 1 aromatic rings. The summed E-state index contributed by atoms with van der Waals surface area (Å²) < 4.78 is 5.84. The zero-order chi connectivity index (χ0) is 13.5. The zero-order valence-corrected chi connectivity index (χ0v) is 14.5. The molecule has 0 radical (unpaired) electrons. The van der Waals surface area contributed by atoms with Crippen LogP contribution in [0.1, 0.15) is 31.7 Å². The lowest BCUT2D eigenvalue weighted by Crippen LogP contribution is -2.42. The van der Waals surface area contributed by atoms with Crippen molar-refractivity contribution in [1.29, 1.82) is 0 Å². The molecule has 0 spiro atoms. The second-order valence-corrected chi connectivity index (χ2v) is 4.98. The van der Waals surface area contributed by atoms with Crippen molar-refractivity contribution in [3.63, 3.8) is 0 Å². The van der Waals surface area contributed by atoms with Crippen molar-refractivity contribution in [2.45, 2.75) is 26.2 Å². The van der Waals surface area contributed by atoms with Crippen LogP contribution in [0, 0.1) is 0 Å². The maximum absolute atomic E-state index is 5.84. The van der Waals surface area contributed by atoms with Gasteiger partial charge < -0.3 is 15.4 Å². The van der Waals surface area contributed by atoms with Gasteiger partial charge in [0.15, 0.2) is 5.96 Å². The second-order valence-electron chi connectivity index (χ2n) is 4.98. The fraction of sp³-hybridized carbons (Fsp3) is 0.533. The number of halogens is 1. The quantitative estimate of drug-likeness (QED) is 0.602. The summed E-state index contributed by atoms with van der Waals surface area (Å²) >= 11 is 0. The standard InChI is InChI=1S/C15H23N3O.HI/c1-12(2)13-6-3-4-7-14(13)19-11-10-18-15-16-8-5-9-17-15;/h3-4,6-7,12H,5,8-11H2,1-2H3,(H2,16,17,18);1H. The lowest BCUT2D eigenvalue weighted by molar-refractivity contribution is 0.317. The van der Waals surface area contributed by atoms with E-state index >= 15 is 0 Å². The third kappa shape index (κ3) is 5.19. The number of hydrogen-bond acceptors (Lipinski definition) is 4. The molecule has 0 atom stereocenters. The Balaban J connectivity index is 0.00000200. The van der Waals surface area contributed by atoms with Crippen LogP contribution in [0.4, 0.5) is 0 Å². The molecule has 1 aromatic carbocycles. The minimum Gasteiger partial charge on any atom is -0.491 e. The molecule has 0 saturated carbocycles. The summed E-state index contributed by atoms with van der Waals surface area (Å²) in [5.74, 6) is 2.36. The van der Waals surface area contributed by atoms with Gasteiger partial charge in [0.25, 0.3) is 0 Å². The summed E-state index contributed by atoms with van der Waals surface area (Å²) in [7, 11) is 0. The molecule has 4 nitrogen and oxygen atoms in total. The van der Waals surface area contributed by atoms with Crippen molar-refractivity contribution in [3.8, 4) is 5.75 Å². The number of para-hydroxylation sites is 1. The van der Waals surface area contributed by atoms with Gasteiger partial charge in [-0.15, -0.1) is 24.0 Å². The average molecular weight is 389 g/mol. The van der Waals surface area contributed by atoms with Crippen LogP contribution in [-0.4, -0.2) is 32.2 Å². The Bertz CT molecular complexity index is 435. The Morgan fingerprint density at radius 3 is 2.85 bits per heavy atom. The Morgan fingerprint density at radius 2 is 2.15 bits per heavy atom. The first-order valence-corrected chi connectivity index (χ1v) is 7.01. The largest absolute Gasteiger partial charge is 0.491 e. The molecule has 0 fully saturated rings. The molecule has 0 aromatic heterocycles. The molecule has 0 saturated heterocycles. The molecular formula is C15H24IN3O. The van der Waals surface area contributed by atoms with Gasteiger partial charge in [-0.1, -0.05) is 32.0 Å². The summed E-state index contributed by atoms with van der Waals surface area (Å²) in [5.41, 5.74) is 1.26. The fourth-order valence-electron chi connectivity index (χ4n) is 2.07. The summed E-state index contributed by atoms with van der Waals surface area (Å²) in [6, 6.07) is 8.23. The molecule has 1 heterocycles. The molecule has 0 unspecified atom stereocenters. The highest BCUT2D eigenvalue weighted by molar-refractivity contribution is 14.0. The van der Waals surface area contributed by atoms with Gasteiger partial charge in [0.1, 0.15) is 12.4 Å². The number of rotatable bonds is 5. The number of aliphatic imine (C=N–C) groups is 1. The number of nitrogens with zero attached hydrogens (tertiary/aromatic N) is 1. The van der Waals surface area contributed by atoms with Crippen molar-refractivity contribution < 1.29 is 4.74 Å². The molecule has 0 aliphatic carbocycles. The molecule has 20 heavy (non-hydrogen) atoms. The van der Waals surface area contributed by atoms with Crippen LogP contribution in [0.2, 0.25) is 0 Å². The van der Waals surface area contributed by atoms with Crippen LogP contribution in [0.3, 0.4) is 0 Å². The number of nitrogens with one attached hydrogen (secondary N) is 2. The van der Waals surface area contributed by atoms with Gasteiger partial charge in [-0.25, -0.2) is 0 Å². The van der Waals surface area contributed by atoms with Crippen LogP contribution in [0.25, 0.3) is 0 Å². The van der Waals surface area contributed by atoms with Crippen molar-refractivity contribution >= 4 is 29.9 Å². The Hall–Kier alpha value is -0.980. The highest BCUT2D eigenvalue weighted by atomic mass is 127. The van der Waals surface area contributed by atoms with E-state index in [2.05, 4.69) is 41.6 Å². The van der Waals surface area contributed by atoms with Gasteiger partial charge in [0, 0.05) is 13.1 Å². The molecule has 2 N–H and O–H groups in total. The van der Waals surface area contributed by atoms with Crippen LogP contribution in [0.15, 0.2) is 29.3 Å². The van der Waals surface area contributed by atoms with Crippen molar-refractivity contribution in [1.82, 2.24) is 10.6 Å². The first-order chi connectivity index (χ1) is 9.27. The summed E-state index contributed by atoms with van der Waals surface area (Å²) in [6.07, 6.45) is 1.11. The Kier molecular flexibility index (Phi) is 7.72. The number of benzene rings is 1. The predicted octanol–water partition coefficient (Wildman–Crippen LogP) is 2.75. The van der Waals surface area contributed by atoms with Gasteiger partial charge >= 0.3 is 0 Å². The summed E-state index contributed by atoms with van der Waals surface area (Å²) in [6.45, 7) is 7.68. The molecule has 2 rings (SSSR count). The molecule has 1 aliphatic heterocycles. The highest BCUT2D eigenvalue weighted by Crippen LogP contribution is 2.25. The fourth-order valence-corrected chi connectivity index (χ4v) is 2.07. The van der Waals surface area contributed by atoms with E-state index in [0.717, 1.165) is 37.8 Å². The molecule has 0 bridgehead atoms. The Labute approximate surface area is 138 Å². The van der Waals surface area contributed by atoms with Crippen molar-refractivity contribution in [2.75, 3.05) is 26.2 Å². The lowest BCUT2D eigenvalue weighted by Gasteiger charge is -2.17. The number of ether oxygens (including phenoxy) is 1. The minimum absolute atomic E-state index is 0. The highest BCUT2D eigenvalue weighted by Gasteiger charge is 2.07. The molecule has 0 amide bonds. The molecule has 5 heteroatoms. The molecule has 112 valence electrons. The zero-order valence-electron chi connectivity index (χ0n) is 12.2. The van der Waals surface area contributed by atoms with E-state index in [0.29, 0.717) is 12.5 Å². The first kappa shape index (κ1) is 17.1. The summed E-state index contributed by atoms with van der Waals surface area (Å²) in [4.78, 5) is 4.36. The minimum atomic E-state index is 0. The van der Waals surface area contributed by atoms with E-state index in [1.807, 2.05) is 12.1 Å². The van der Waals surface area contributed by atoms with E-state index in [1.54, 1.807) is 0 Å². The molecule has 1 aliphatic rings. The summed E-state index contributed by atoms with van der Waals surface area (Å²) in [5, 5.41) is 6.49. The lowest BCUT2D eigenvalue weighted by atomic mass is 10.0. The SMILES string of the molecule is CC(C)c1ccccc1OCCNC1=NCCCN1.I. The van der Waals surface area contributed by atoms with Gasteiger partial charge in [0.2, 0.25) is 0 Å². The third-order valence-electron chi connectivity index (χ3n) is 3.09. The van der Waals surface area contributed by atoms with Crippen LogP contribution >= 0.6 is 24.0 Å². The van der Waals surface area contributed by atoms with E-state index in [9.17, 15) is 0 Å². The predicted molar refractivity (Wildman–Crippen MR) is 94.4 cm³/mol. The van der Waals surface area contributed by atoms with Crippen molar-refractivity contribution in [3.05, 3.63) is 29.8 Å². The van der Waals surface area contributed by atoms with Gasteiger partial charge in [-0.2, -0.15) is 0 Å². The van der Waals surface area contributed by atoms with Crippen LogP contribution in [-0.2, 0) is 0 Å². The van der Waals surface area contributed by atoms with Crippen molar-refractivity contribution in [2.24, 2.45) is 4.99 Å². The average Bonchev–Trinajstić information content (AvgIpc) is 2.45. The van der Waals surface area contributed by atoms with Crippen LogP contribution < -0.4 is 15.4 Å². The Morgan fingerprint density at radius 1 is 1.35 bits per heavy atom. The second kappa shape index (κ2) is 9.05. The maximum Gasteiger partial charge on any atom is 0.191 e. The van der Waals surface area contributed by atoms with E-state index < -0.39 is 0 Å². The van der Waals surface area contributed by atoms with E-state index in [-0.39, 0.29) is 24.0 Å². The van der Waals surface area contributed by atoms with Gasteiger partial charge in [0.05, 0.1) is 6.54 Å². The third-order valence-corrected chi connectivity index (χ3v) is 3.09.